The molecular weight excluding hydrogens is 859 g/mol. The molecule has 6 heteroatoms. The van der Waals surface area contributed by atoms with Gasteiger partial charge in [-0.3, -0.25) is 0 Å². The standard InChI is InChI=1S/C63H39N5S/c1-4-17-38(18-5-1)43-23-10-13-27-50(43)62-66-61(67-63(68-62)51-29-16-28-49-44-24-14-15-30-56(44)69-59(49)51)42-32-34-48-53(36-42)58-46-26-12-11-25-45(46)57(48)52-35-41(31-33-47(52)58)55-37-54(39-19-6-2-7-20-39)64-60(65-55)40-21-8-3-9-22-40/h1-37,57-58H. The molecular formula is C63H39N5S. The summed E-state index contributed by atoms with van der Waals surface area (Å²) in [6.45, 7) is 0. The molecule has 15 rings (SSSR count). The highest BCUT2D eigenvalue weighted by Crippen LogP contribution is 2.57. The minimum Gasteiger partial charge on any atom is -0.228 e. The van der Waals surface area contributed by atoms with E-state index in [-0.39, 0.29) is 11.8 Å². The van der Waals surface area contributed by atoms with E-state index in [2.05, 4.69) is 200 Å². The summed E-state index contributed by atoms with van der Waals surface area (Å²) < 4.78 is 2.41. The van der Waals surface area contributed by atoms with Gasteiger partial charge in [0.05, 0.1) is 11.4 Å². The molecule has 69 heavy (non-hydrogen) atoms. The summed E-state index contributed by atoms with van der Waals surface area (Å²) in [6.07, 6.45) is 0. The number of aromatic nitrogens is 5. The predicted molar refractivity (Wildman–Crippen MR) is 281 cm³/mol. The SMILES string of the molecule is c1ccc(-c2cc(-c3ccc4c(c3)C3c5ccccc5C4c4cc(-c5nc(-c6ccccc6-c6ccccc6)nc(-c6cccc7c6sc6ccccc67)n5)ccc43)nc(-c3ccccc3)n2)cc1. The largest absolute Gasteiger partial charge is 0.228 e. The third kappa shape index (κ3) is 6.56. The first-order valence-electron chi connectivity index (χ1n) is 23.4. The highest BCUT2D eigenvalue weighted by Gasteiger charge is 2.41. The maximum atomic E-state index is 5.40. The van der Waals surface area contributed by atoms with Gasteiger partial charge in [0.25, 0.3) is 0 Å². The van der Waals surface area contributed by atoms with Gasteiger partial charge >= 0.3 is 0 Å². The lowest BCUT2D eigenvalue weighted by Gasteiger charge is -2.42. The van der Waals surface area contributed by atoms with Gasteiger partial charge in [0.2, 0.25) is 0 Å². The molecule has 0 N–H and O–H groups in total. The zero-order chi connectivity index (χ0) is 45.4. The minimum atomic E-state index is 0.0299. The second-order valence-corrected chi connectivity index (χ2v) is 18.9. The van der Waals surface area contributed by atoms with E-state index in [9.17, 15) is 0 Å². The summed E-state index contributed by atoms with van der Waals surface area (Å²) in [5.41, 5.74) is 18.0. The van der Waals surface area contributed by atoms with E-state index in [0.717, 1.165) is 55.9 Å². The molecule has 9 aromatic carbocycles. The number of fused-ring (bicyclic) bond motifs is 3. The Balaban J connectivity index is 0.927. The first-order chi connectivity index (χ1) is 34.2. The molecule has 0 amide bonds. The number of benzene rings is 9. The first-order valence-corrected chi connectivity index (χ1v) is 24.2. The molecule has 2 bridgehead atoms. The summed E-state index contributed by atoms with van der Waals surface area (Å²) in [5.74, 6) is 2.74. The molecule has 3 aliphatic carbocycles. The Kier molecular flexibility index (Phi) is 9.14. The Labute approximate surface area is 403 Å². The van der Waals surface area contributed by atoms with Gasteiger partial charge in [-0.1, -0.05) is 194 Å². The molecule has 5 nitrogen and oxygen atoms in total. The molecule has 2 unspecified atom stereocenters. The van der Waals surface area contributed by atoms with Gasteiger partial charge in [0.15, 0.2) is 23.3 Å². The van der Waals surface area contributed by atoms with Crippen molar-refractivity contribution in [2.24, 2.45) is 0 Å². The summed E-state index contributed by atoms with van der Waals surface area (Å²) in [5, 5.41) is 2.45. The fourth-order valence-electron chi connectivity index (χ4n) is 10.8. The number of thiophene rings is 1. The third-order valence-corrected chi connectivity index (χ3v) is 15.2. The lowest BCUT2D eigenvalue weighted by molar-refractivity contribution is 0.754. The molecule has 0 radical (unpaired) electrons. The summed E-state index contributed by atoms with van der Waals surface area (Å²) in [6, 6.07) is 79.7. The maximum Gasteiger partial charge on any atom is 0.165 e. The Morgan fingerprint density at radius 2 is 0.754 bits per heavy atom. The quantitative estimate of drug-likeness (QED) is 0.159. The number of hydrogen-bond acceptors (Lipinski definition) is 6. The van der Waals surface area contributed by atoms with Crippen LogP contribution in [-0.4, -0.2) is 24.9 Å². The van der Waals surface area contributed by atoms with Gasteiger partial charge in [-0.2, -0.15) is 0 Å². The molecule has 2 atom stereocenters. The van der Waals surface area contributed by atoms with Crippen LogP contribution in [0.25, 0.3) is 99.4 Å². The second kappa shape index (κ2) is 16.0. The van der Waals surface area contributed by atoms with Gasteiger partial charge in [-0.05, 0) is 74.8 Å². The van der Waals surface area contributed by atoms with E-state index < -0.39 is 0 Å². The van der Waals surface area contributed by atoms with E-state index in [4.69, 9.17) is 24.9 Å². The van der Waals surface area contributed by atoms with Gasteiger partial charge in [0.1, 0.15) is 0 Å². The summed E-state index contributed by atoms with van der Waals surface area (Å²) in [4.78, 5) is 26.4. The van der Waals surface area contributed by atoms with Crippen LogP contribution in [0, 0.1) is 0 Å². The Hall–Kier alpha value is -8.71. The van der Waals surface area contributed by atoms with Crippen LogP contribution in [0.2, 0.25) is 0 Å². The van der Waals surface area contributed by atoms with E-state index in [0.29, 0.717) is 23.3 Å². The minimum absolute atomic E-state index is 0.0299. The predicted octanol–water partition coefficient (Wildman–Crippen LogP) is 15.7. The molecule has 12 aromatic rings. The van der Waals surface area contributed by atoms with Crippen LogP contribution in [0.4, 0.5) is 0 Å². The van der Waals surface area contributed by atoms with E-state index in [1.54, 1.807) is 11.3 Å². The Bertz CT molecular complexity index is 3920. The Morgan fingerprint density at radius 3 is 1.46 bits per heavy atom. The monoisotopic (exact) mass is 897 g/mol. The highest BCUT2D eigenvalue weighted by molar-refractivity contribution is 7.26. The van der Waals surface area contributed by atoms with Crippen LogP contribution in [-0.2, 0) is 0 Å². The molecule has 0 saturated carbocycles. The van der Waals surface area contributed by atoms with Crippen LogP contribution in [0.15, 0.2) is 224 Å². The van der Waals surface area contributed by atoms with Crippen LogP contribution in [0.5, 0.6) is 0 Å². The number of hydrogen-bond donors (Lipinski definition) is 0. The van der Waals surface area contributed by atoms with Crippen molar-refractivity contribution >= 4 is 31.5 Å². The first kappa shape index (κ1) is 39.5. The van der Waals surface area contributed by atoms with Gasteiger partial charge in [-0.15, -0.1) is 11.3 Å². The van der Waals surface area contributed by atoms with Crippen LogP contribution in [0.3, 0.4) is 0 Å². The average molecular weight is 898 g/mol. The van der Waals surface area contributed by atoms with Crippen molar-refractivity contribution in [1.29, 1.82) is 0 Å². The van der Waals surface area contributed by atoms with Crippen molar-refractivity contribution in [3.05, 3.63) is 258 Å². The summed E-state index contributed by atoms with van der Waals surface area (Å²) in [7, 11) is 0. The zero-order valence-electron chi connectivity index (χ0n) is 37.2. The molecule has 0 aliphatic heterocycles. The molecule has 3 aliphatic rings. The molecule has 0 fully saturated rings. The van der Waals surface area contributed by atoms with Gasteiger partial charge < -0.3 is 0 Å². The van der Waals surface area contributed by atoms with Gasteiger partial charge in [-0.25, -0.2) is 24.9 Å². The fourth-order valence-corrected chi connectivity index (χ4v) is 12.0. The van der Waals surface area contributed by atoms with Crippen molar-refractivity contribution < 1.29 is 0 Å². The molecule has 3 heterocycles. The average Bonchev–Trinajstić information content (AvgIpc) is 3.82. The van der Waals surface area contributed by atoms with Crippen LogP contribution >= 0.6 is 11.3 Å². The second-order valence-electron chi connectivity index (χ2n) is 17.9. The number of rotatable bonds is 7. The fraction of sp³-hybridized carbons (Fsp3) is 0.0317. The van der Waals surface area contributed by atoms with Crippen LogP contribution in [0.1, 0.15) is 45.2 Å². The summed E-state index contributed by atoms with van der Waals surface area (Å²) >= 11 is 1.79. The lowest BCUT2D eigenvalue weighted by Crippen LogP contribution is -2.27. The van der Waals surface area contributed by atoms with Crippen LogP contribution < -0.4 is 0 Å². The molecule has 0 saturated heterocycles. The van der Waals surface area contributed by atoms with E-state index >= 15 is 0 Å². The van der Waals surface area contributed by atoms with Crippen molar-refractivity contribution in [1.82, 2.24) is 24.9 Å². The normalized spacial score (nSPS) is 14.4. The Morgan fingerprint density at radius 1 is 0.275 bits per heavy atom. The van der Waals surface area contributed by atoms with E-state index in [1.807, 2.05) is 24.3 Å². The topological polar surface area (TPSA) is 64.5 Å². The molecule has 322 valence electrons. The molecule has 3 aromatic heterocycles. The van der Waals surface area contributed by atoms with E-state index in [1.165, 1.54) is 53.6 Å². The lowest BCUT2D eigenvalue weighted by atomic mass is 9.60. The number of nitrogens with zero attached hydrogens (tertiary/aromatic N) is 5. The highest BCUT2D eigenvalue weighted by atomic mass is 32.1. The van der Waals surface area contributed by atoms with Crippen molar-refractivity contribution in [2.75, 3.05) is 0 Å². The zero-order valence-corrected chi connectivity index (χ0v) is 38.0. The smallest absolute Gasteiger partial charge is 0.165 e. The molecule has 0 spiro atoms. The van der Waals surface area contributed by atoms with Crippen molar-refractivity contribution in [3.63, 3.8) is 0 Å². The third-order valence-electron chi connectivity index (χ3n) is 14.0. The van der Waals surface area contributed by atoms with Crippen molar-refractivity contribution in [2.45, 2.75) is 11.8 Å². The van der Waals surface area contributed by atoms with Crippen molar-refractivity contribution in [3.8, 4) is 79.2 Å². The maximum absolute atomic E-state index is 5.40. The van der Waals surface area contributed by atoms with Gasteiger partial charge in [0, 0.05) is 65.4 Å².